The van der Waals surface area contributed by atoms with Gasteiger partial charge in [-0.2, -0.15) is 8.42 Å². The van der Waals surface area contributed by atoms with Crippen molar-refractivity contribution in [3.05, 3.63) is 67.1 Å². The maximum atomic E-state index is 12.7. The molecule has 17 heteroatoms. The Bertz CT molecular complexity index is 1860. The molecule has 3 aromatic heterocycles. The van der Waals surface area contributed by atoms with E-state index in [1.54, 1.807) is 35.5 Å². The molecular formula is C32H37N7O7S3. The molecule has 3 heterocycles. The highest BCUT2D eigenvalue weighted by Gasteiger charge is 2.26. The fraction of sp³-hybridized carbons (Fsp3) is 0.344. The fourth-order valence-electron chi connectivity index (χ4n) is 4.71. The predicted octanol–water partition coefficient (Wildman–Crippen LogP) is 3.50. The zero-order valence-electron chi connectivity index (χ0n) is 26.5. The normalized spacial score (nSPS) is 11.9. The third kappa shape index (κ3) is 12.9. The number of pyridine rings is 3. The Morgan fingerprint density at radius 3 is 2.33 bits per heavy atom. The maximum absolute atomic E-state index is 12.7. The molecule has 0 saturated carbocycles. The number of hydrogen-bond donors (Lipinski definition) is 5. The predicted molar refractivity (Wildman–Crippen MR) is 190 cm³/mol. The number of carbonyl (C=O) groups excluding carboxylic acids is 4. The smallest absolute Gasteiger partial charge is 0.267 e. The van der Waals surface area contributed by atoms with Crippen LogP contribution in [0.2, 0.25) is 0 Å². The second kappa shape index (κ2) is 19.0. The third-order valence-corrected chi connectivity index (χ3v) is 10.0. The fourth-order valence-corrected chi connectivity index (χ4v) is 7.15. The molecule has 1 unspecified atom stereocenters. The van der Waals surface area contributed by atoms with Crippen LogP contribution in [-0.2, 0) is 29.3 Å². The molecule has 4 amide bonds. The van der Waals surface area contributed by atoms with Crippen molar-refractivity contribution < 1.29 is 32.1 Å². The van der Waals surface area contributed by atoms with Crippen molar-refractivity contribution >= 4 is 82.8 Å². The Hall–Kier alpha value is -4.32. The molecule has 0 aliphatic heterocycles. The molecule has 1 aromatic carbocycles. The van der Waals surface area contributed by atoms with Crippen LogP contribution in [0.5, 0.6) is 0 Å². The summed E-state index contributed by atoms with van der Waals surface area (Å²) in [5, 5.41) is 13.0. The molecule has 0 saturated heterocycles. The van der Waals surface area contributed by atoms with E-state index in [-0.39, 0.29) is 44.0 Å². The van der Waals surface area contributed by atoms with Gasteiger partial charge in [-0.15, -0.1) is 0 Å². The molecule has 1 atom stereocenters. The first-order valence-corrected chi connectivity index (χ1v) is 19.4. The summed E-state index contributed by atoms with van der Waals surface area (Å²) in [7, 11) is -1.49. The molecule has 0 radical (unpaired) electrons. The number of carbonyl (C=O) groups is 4. The number of nitrogens with one attached hydrogen (secondary N) is 4. The van der Waals surface area contributed by atoms with Crippen molar-refractivity contribution in [2.75, 3.05) is 29.9 Å². The zero-order chi connectivity index (χ0) is 35.1. The largest absolute Gasteiger partial charge is 0.355 e. The molecule has 4 aromatic rings. The van der Waals surface area contributed by atoms with E-state index in [1.165, 1.54) is 10.8 Å². The standard InChI is InChI=1S/C32H37N7O7S3/c40-26(33-19-20-47-48-29-11-2-4-15-34-29)8-1-3-16-37-32(43)25(21-49(44,45)46)39-28(42)10-5-9-27(41)38-24-14-18-36-31-23(24)13-12-22-7-6-17-35-30(22)31/h2,4,6-7,11-15,17-18,25H,1,3,5,8-10,16,19-21H2,(H,33,40)(H,37,43)(H,39,42)(H,36,38,41)(H,44,45,46). The Morgan fingerprint density at radius 2 is 1.53 bits per heavy atom. The quantitative estimate of drug-likeness (QED) is 0.0407. The van der Waals surface area contributed by atoms with Crippen molar-refractivity contribution in [1.29, 1.82) is 0 Å². The van der Waals surface area contributed by atoms with E-state index in [9.17, 15) is 32.1 Å². The summed E-state index contributed by atoms with van der Waals surface area (Å²) in [6.07, 6.45) is 6.05. The minimum Gasteiger partial charge on any atom is -0.355 e. The van der Waals surface area contributed by atoms with Crippen molar-refractivity contribution in [2.24, 2.45) is 0 Å². The molecule has 4 rings (SSSR count). The summed E-state index contributed by atoms with van der Waals surface area (Å²) >= 11 is 0. The average molecular weight is 728 g/mol. The second-order valence-electron chi connectivity index (χ2n) is 10.8. The van der Waals surface area contributed by atoms with Crippen molar-refractivity contribution in [1.82, 2.24) is 30.9 Å². The summed E-state index contributed by atoms with van der Waals surface area (Å²) in [6, 6.07) is 13.3. The van der Waals surface area contributed by atoms with Gasteiger partial charge < -0.3 is 21.3 Å². The van der Waals surface area contributed by atoms with E-state index in [0.717, 1.165) is 10.4 Å². The van der Waals surface area contributed by atoms with E-state index >= 15 is 0 Å². The number of fused-ring (bicyclic) bond motifs is 3. The van der Waals surface area contributed by atoms with Crippen LogP contribution in [0.4, 0.5) is 5.69 Å². The van der Waals surface area contributed by atoms with Gasteiger partial charge >= 0.3 is 0 Å². The van der Waals surface area contributed by atoms with Gasteiger partial charge in [0.05, 0.1) is 16.7 Å². The van der Waals surface area contributed by atoms with Crippen LogP contribution in [0.3, 0.4) is 0 Å². The topological polar surface area (TPSA) is 209 Å². The number of unbranched alkanes of at least 4 members (excludes halogenated alkanes) is 1. The number of benzene rings is 1. The molecule has 0 fully saturated rings. The summed E-state index contributed by atoms with van der Waals surface area (Å²) in [6.45, 7) is 0.634. The molecule has 14 nitrogen and oxygen atoms in total. The molecule has 0 aliphatic carbocycles. The Balaban J connectivity index is 1.14. The number of anilines is 1. The zero-order valence-corrected chi connectivity index (χ0v) is 28.9. The average Bonchev–Trinajstić information content (AvgIpc) is 3.07. The van der Waals surface area contributed by atoms with Gasteiger partial charge in [0.15, 0.2) is 0 Å². The monoisotopic (exact) mass is 727 g/mol. The van der Waals surface area contributed by atoms with Gasteiger partial charge in [0.2, 0.25) is 23.6 Å². The lowest BCUT2D eigenvalue weighted by Crippen LogP contribution is -2.50. The van der Waals surface area contributed by atoms with Crippen LogP contribution < -0.4 is 21.3 Å². The summed E-state index contributed by atoms with van der Waals surface area (Å²) < 4.78 is 32.4. The van der Waals surface area contributed by atoms with Crippen LogP contribution in [0, 0.1) is 0 Å². The van der Waals surface area contributed by atoms with Crippen LogP contribution in [0.25, 0.3) is 21.8 Å². The Morgan fingerprint density at radius 1 is 0.755 bits per heavy atom. The van der Waals surface area contributed by atoms with Crippen molar-refractivity contribution in [3.63, 3.8) is 0 Å². The first-order chi connectivity index (χ1) is 23.6. The first-order valence-electron chi connectivity index (χ1n) is 15.5. The Labute approximate surface area is 291 Å². The lowest BCUT2D eigenvalue weighted by molar-refractivity contribution is -0.128. The van der Waals surface area contributed by atoms with Crippen LogP contribution in [-0.4, -0.2) is 82.2 Å². The van der Waals surface area contributed by atoms with E-state index in [0.29, 0.717) is 47.2 Å². The van der Waals surface area contributed by atoms with E-state index in [1.807, 2.05) is 42.5 Å². The van der Waals surface area contributed by atoms with Crippen molar-refractivity contribution in [2.45, 2.75) is 49.6 Å². The van der Waals surface area contributed by atoms with Gasteiger partial charge in [-0.05, 0) is 60.4 Å². The number of amides is 4. The molecule has 0 aliphatic rings. The van der Waals surface area contributed by atoms with Crippen LogP contribution in [0.1, 0.15) is 38.5 Å². The van der Waals surface area contributed by atoms with Gasteiger partial charge in [0, 0.05) is 67.5 Å². The van der Waals surface area contributed by atoms with E-state index in [4.69, 9.17) is 0 Å². The number of rotatable bonds is 19. The lowest BCUT2D eigenvalue weighted by atomic mass is 10.1. The summed E-state index contributed by atoms with van der Waals surface area (Å²) in [4.78, 5) is 63.0. The third-order valence-electron chi connectivity index (χ3n) is 7.01. The molecule has 5 N–H and O–H groups in total. The number of hydrogen-bond acceptors (Lipinski definition) is 11. The van der Waals surface area contributed by atoms with Gasteiger partial charge in [0.1, 0.15) is 16.8 Å². The summed E-state index contributed by atoms with van der Waals surface area (Å²) in [5.74, 6) is -2.22. The SMILES string of the molecule is O=C(CCCCNC(=O)C(CS(=O)(=O)O)NC(=O)CCCC(=O)Nc1ccnc2c1ccc1cccnc12)NCCSSc1ccccn1. The Kier molecular flexibility index (Phi) is 14.6. The minimum atomic E-state index is -4.60. The molecule has 49 heavy (non-hydrogen) atoms. The summed E-state index contributed by atoms with van der Waals surface area (Å²) in [5.41, 5.74) is 1.89. The molecular weight excluding hydrogens is 691 g/mol. The van der Waals surface area contributed by atoms with Gasteiger partial charge in [0.25, 0.3) is 10.1 Å². The van der Waals surface area contributed by atoms with Gasteiger partial charge in [-0.3, -0.25) is 33.7 Å². The maximum Gasteiger partial charge on any atom is 0.267 e. The lowest BCUT2D eigenvalue weighted by Gasteiger charge is -2.17. The highest BCUT2D eigenvalue weighted by molar-refractivity contribution is 8.76. The van der Waals surface area contributed by atoms with Gasteiger partial charge in [-0.1, -0.05) is 29.0 Å². The molecule has 0 bridgehead atoms. The molecule has 260 valence electrons. The van der Waals surface area contributed by atoms with Crippen LogP contribution >= 0.6 is 21.6 Å². The second-order valence-corrected chi connectivity index (χ2v) is 14.8. The van der Waals surface area contributed by atoms with Crippen LogP contribution in [0.15, 0.2) is 72.1 Å². The highest BCUT2D eigenvalue weighted by atomic mass is 33.1. The minimum absolute atomic E-state index is 0.0191. The van der Waals surface area contributed by atoms with Gasteiger partial charge in [-0.25, -0.2) is 4.98 Å². The van der Waals surface area contributed by atoms with Crippen molar-refractivity contribution in [3.8, 4) is 0 Å². The number of aromatic nitrogens is 3. The first kappa shape index (κ1) is 37.5. The van der Waals surface area contributed by atoms with E-state index < -0.39 is 33.7 Å². The highest BCUT2D eigenvalue weighted by Crippen LogP contribution is 2.28. The molecule has 0 spiro atoms. The van der Waals surface area contributed by atoms with E-state index in [2.05, 4.69) is 36.2 Å². The number of nitrogens with zero attached hydrogens (tertiary/aromatic N) is 3.